The minimum atomic E-state index is -2.18. The van der Waals surface area contributed by atoms with E-state index in [4.69, 9.17) is 9.47 Å². The summed E-state index contributed by atoms with van der Waals surface area (Å²) in [7, 11) is 2.36. The molecule has 3 unspecified atom stereocenters. The molecule has 0 saturated heterocycles. The smallest absolute Gasteiger partial charge is 0.198 e. The molecule has 0 heterocycles. The molecule has 0 radical (unpaired) electrons. The molecular weight excluding hydrogens is 576 g/mol. The molecule has 0 fully saturated rings. The summed E-state index contributed by atoms with van der Waals surface area (Å²) >= 11 is 0. The number of hydrogen-bond acceptors (Lipinski definition) is 12. The van der Waals surface area contributed by atoms with Crippen molar-refractivity contribution in [2.24, 2.45) is 0 Å². The first-order valence-corrected chi connectivity index (χ1v) is 13.4. The lowest BCUT2D eigenvalue weighted by Gasteiger charge is -2.41. The number of benzene rings is 3. The standard InChI is InChI=1S/C32H26O12/c1-10-5-11-12(6-16(10)33)26(38)23-21(25(11)37)17(34)7-13(29(23)43-3)14-8-18(35)22-24(30(14)44-4)28(40)20-15(27(22)39)9-19(36)32(2,42)31(20)41/h5-8,19,31,33-36,41-42H,9H2,1-4H3. The summed E-state index contributed by atoms with van der Waals surface area (Å²) in [6.07, 6.45) is -4.02. The van der Waals surface area contributed by atoms with Crippen LogP contribution in [0.2, 0.25) is 0 Å². The Bertz CT molecular complexity index is 1930. The molecule has 6 rings (SSSR count). The van der Waals surface area contributed by atoms with Gasteiger partial charge in [0.2, 0.25) is 0 Å². The van der Waals surface area contributed by atoms with E-state index in [-0.39, 0.29) is 56.2 Å². The number of phenols is 3. The van der Waals surface area contributed by atoms with Crippen molar-refractivity contribution >= 4 is 23.1 Å². The van der Waals surface area contributed by atoms with Gasteiger partial charge >= 0.3 is 0 Å². The minimum absolute atomic E-state index is 0.0351. The lowest BCUT2D eigenvalue weighted by Crippen LogP contribution is -2.56. The summed E-state index contributed by atoms with van der Waals surface area (Å²) in [5, 5.41) is 64.4. The number of methoxy groups -OCH3 is 2. The van der Waals surface area contributed by atoms with E-state index >= 15 is 0 Å². The Hall–Kier alpha value is -5.04. The molecule has 226 valence electrons. The van der Waals surface area contributed by atoms with E-state index in [9.17, 15) is 49.8 Å². The van der Waals surface area contributed by atoms with Gasteiger partial charge in [-0.15, -0.1) is 0 Å². The van der Waals surface area contributed by atoms with Gasteiger partial charge in [-0.25, -0.2) is 0 Å². The predicted octanol–water partition coefficient (Wildman–Crippen LogP) is 2.12. The predicted molar refractivity (Wildman–Crippen MR) is 151 cm³/mol. The number of aliphatic hydroxyl groups is 3. The van der Waals surface area contributed by atoms with E-state index in [1.54, 1.807) is 6.92 Å². The van der Waals surface area contributed by atoms with Gasteiger partial charge in [0.1, 0.15) is 40.5 Å². The number of Topliss-reactive ketones (excluding diaryl/α,β-unsaturated/α-hetero) is 2. The summed E-state index contributed by atoms with van der Waals surface area (Å²) in [5.74, 6) is -5.41. The highest BCUT2D eigenvalue weighted by molar-refractivity contribution is 6.32. The van der Waals surface area contributed by atoms with Gasteiger partial charge in [0.15, 0.2) is 23.1 Å². The zero-order valence-corrected chi connectivity index (χ0v) is 23.8. The average molecular weight is 603 g/mol. The summed E-state index contributed by atoms with van der Waals surface area (Å²) in [6.45, 7) is 2.66. The van der Waals surface area contributed by atoms with Crippen molar-refractivity contribution in [3.63, 3.8) is 0 Å². The Morgan fingerprint density at radius 3 is 1.68 bits per heavy atom. The molecule has 12 nitrogen and oxygen atoms in total. The highest BCUT2D eigenvalue weighted by Gasteiger charge is 2.52. The largest absolute Gasteiger partial charge is 0.508 e. The molecule has 0 spiro atoms. The highest BCUT2D eigenvalue weighted by Crippen LogP contribution is 2.52. The van der Waals surface area contributed by atoms with Crippen LogP contribution in [-0.2, 0) is 0 Å². The molecule has 0 aliphatic heterocycles. The van der Waals surface area contributed by atoms with Gasteiger partial charge in [0.25, 0.3) is 0 Å². The molecule has 3 aromatic rings. The molecule has 3 aromatic carbocycles. The van der Waals surface area contributed by atoms with Gasteiger partial charge in [-0.05, 0) is 43.7 Å². The van der Waals surface area contributed by atoms with Crippen molar-refractivity contribution in [1.29, 1.82) is 0 Å². The number of aliphatic hydroxyl groups excluding tert-OH is 2. The van der Waals surface area contributed by atoms with Crippen molar-refractivity contribution < 1.29 is 59.3 Å². The maximum atomic E-state index is 13.9. The Morgan fingerprint density at radius 2 is 1.14 bits per heavy atom. The van der Waals surface area contributed by atoms with E-state index < -0.39 is 75.6 Å². The summed E-state index contributed by atoms with van der Waals surface area (Å²) in [5.41, 5.74) is -4.63. The number of ketones is 4. The van der Waals surface area contributed by atoms with Crippen molar-refractivity contribution in [2.75, 3.05) is 14.2 Å². The van der Waals surface area contributed by atoms with Crippen LogP contribution in [0.15, 0.2) is 35.4 Å². The van der Waals surface area contributed by atoms with Crippen molar-refractivity contribution in [3.8, 4) is 39.9 Å². The third-order valence-corrected chi connectivity index (χ3v) is 8.69. The zero-order valence-electron chi connectivity index (χ0n) is 23.8. The van der Waals surface area contributed by atoms with E-state index in [0.29, 0.717) is 5.56 Å². The van der Waals surface area contributed by atoms with Gasteiger partial charge in [0.05, 0.1) is 42.6 Å². The van der Waals surface area contributed by atoms with Crippen LogP contribution in [0, 0.1) is 6.92 Å². The van der Waals surface area contributed by atoms with Crippen LogP contribution in [0.4, 0.5) is 0 Å². The second kappa shape index (κ2) is 9.48. The maximum absolute atomic E-state index is 13.9. The molecule has 6 N–H and O–H groups in total. The Morgan fingerprint density at radius 1 is 0.682 bits per heavy atom. The number of hydrogen-bond donors (Lipinski definition) is 6. The molecular formula is C32H26O12. The van der Waals surface area contributed by atoms with Crippen molar-refractivity contribution in [2.45, 2.75) is 38.1 Å². The van der Waals surface area contributed by atoms with Crippen molar-refractivity contribution in [3.05, 3.63) is 74.4 Å². The fourth-order valence-corrected chi connectivity index (χ4v) is 6.27. The van der Waals surface area contributed by atoms with E-state index in [0.717, 1.165) is 32.2 Å². The fraction of sp³-hybridized carbons (Fsp3) is 0.250. The minimum Gasteiger partial charge on any atom is -0.508 e. The number of aryl methyl sites for hydroxylation is 1. The average Bonchev–Trinajstić information content (AvgIpc) is 2.97. The first kappa shape index (κ1) is 29.1. The van der Waals surface area contributed by atoms with Crippen LogP contribution < -0.4 is 9.47 Å². The van der Waals surface area contributed by atoms with Gasteiger partial charge in [-0.3, -0.25) is 19.2 Å². The molecule has 0 aromatic heterocycles. The first-order chi connectivity index (χ1) is 20.7. The van der Waals surface area contributed by atoms with Gasteiger partial charge < -0.3 is 40.1 Å². The molecule has 0 saturated carbocycles. The van der Waals surface area contributed by atoms with Crippen LogP contribution in [0.1, 0.15) is 71.5 Å². The number of rotatable bonds is 3. The molecule has 44 heavy (non-hydrogen) atoms. The number of aromatic hydroxyl groups is 3. The number of carbonyl (C=O) groups excluding carboxylic acids is 4. The second-order valence-corrected chi connectivity index (χ2v) is 11.2. The Kier molecular flexibility index (Phi) is 6.26. The Labute approximate surface area is 249 Å². The monoisotopic (exact) mass is 602 g/mol. The third-order valence-electron chi connectivity index (χ3n) is 8.69. The van der Waals surface area contributed by atoms with Crippen molar-refractivity contribution in [1.82, 2.24) is 0 Å². The topological polar surface area (TPSA) is 208 Å². The lowest BCUT2D eigenvalue weighted by molar-refractivity contribution is -0.126. The molecule has 3 atom stereocenters. The fourth-order valence-electron chi connectivity index (χ4n) is 6.27. The van der Waals surface area contributed by atoms with Crippen LogP contribution in [-0.4, -0.2) is 85.8 Å². The van der Waals surface area contributed by atoms with E-state index in [1.165, 1.54) is 13.2 Å². The maximum Gasteiger partial charge on any atom is 0.198 e. The van der Waals surface area contributed by atoms with Gasteiger partial charge in [-0.1, -0.05) is 0 Å². The van der Waals surface area contributed by atoms with E-state index in [1.807, 2.05) is 0 Å². The highest BCUT2D eigenvalue weighted by atomic mass is 16.5. The zero-order chi connectivity index (χ0) is 32.2. The Balaban J connectivity index is 1.62. The van der Waals surface area contributed by atoms with Crippen LogP contribution in [0.3, 0.4) is 0 Å². The quantitative estimate of drug-likeness (QED) is 0.199. The summed E-state index contributed by atoms with van der Waals surface area (Å²) in [6, 6.07) is 4.61. The lowest BCUT2D eigenvalue weighted by atomic mass is 9.69. The van der Waals surface area contributed by atoms with E-state index in [2.05, 4.69) is 0 Å². The summed E-state index contributed by atoms with van der Waals surface area (Å²) < 4.78 is 11.1. The molecule has 3 aliphatic rings. The van der Waals surface area contributed by atoms with Crippen LogP contribution >= 0.6 is 0 Å². The molecule has 0 amide bonds. The third kappa shape index (κ3) is 3.62. The van der Waals surface area contributed by atoms with Crippen LogP contribution in [0.5, 0.6) is 28.7 Å². The second-order valence-electron chi connectivity index (χ2n) is 11.2. The molecule has 12 heteroatoms. The number of phenolic OH excluding ortho intramolecular Hbond substituents is 3. The number of fused-ring (bicyclic) bond motifs is 3. The van der Waals surface area contributed by atoms with Gasteiger partial charge in [-0.2, -0.15) is 0 Å². The summed E-state index contributed by atoms with van der Waals surface area (Å²) in [4.78, 5) is 54.7. The first-order valence-electron chi connectivity index (χ1n) is 13.4. The van der Waals surface area contributed by atoms with Crippen LogP contribution in [0.25, 0.3) is 11.1 Å². The number of carbonyl (C=O) groups is 4. The molecule has 3 aliphatic carbocycles. The normalized spacial score (nSPS) is 22.3. The van der Waals surface area contributed by atoms with Gasteiger partial charge in [0, 0.05) is 39.8 Å². The number of ether oxygens (including phenoxy) is 2. The molecule has 0 bridgehead atoms. The SMILES string of the molecule is COc1c(-c2cc(O)c3c(c2OC)C(=O)c2cc(O)c(C)cc2C3=O)cc(O)c2c1C(=O)C1=C(CC(O)C(C)(O)C1O)C2=O.